The van der Waals surface area contributed by atoms with Gasteiger partial charge in [-0.15, -0.1) is 10.2 Å². The topological polar surface area (TPSA) is 59.8 Å². The van der Waals surface area contributed by atoms with Gasteiger partial charge in [0.1, 0.15) is 6.33 Å². The maximum atomic E-state index is 12.2. The molecule has 0 fully saturated rings. The number of carbonyl (C=O) groups is 1. The van der Waals surface area contributed by atoms with Crippen LogP contribution in [0.2, 0.25) is 5.02 Å². The molecule has 5 nitrogen and oxygen atoms in total. The number of nitrogens with zero attached hydrogens (tertiary/aromatic N) is 3. The van der Waals surface area contributed by atoms with Crippen molar-refractivity contribution in [2.45, 2.75) is 18.0 Å². The van der Waals surface area contributed by atoms with Crippen LogP contribution in [-0.2, 0) is 4.79 Å². The molecule has 1 N–H and O–H groups in total. The molecule has 3 aromatic rings. The summed E-state index contributed by atoms with van der Waals surface area (Å²) < 4.78 is 1.82. The fourth-order valence-corrected chi connectivity index (χ4v) is 3.42. The number of halogens is 1. The van der Waals surface area contributed by atoms with Crippen LogP contribution in [0.25, 0.3) is 5.69 Å². The fraction of sp³-hybridized carbons (Fsp3) is 0.211. The summed E-state index contributed by atoms with van der Waals surface area (Å²) in [6.45, 7) is 2.70. The molecule has 0 saturated heterocycles. The molecule has 3 rings (SSSR count). The summed E-state index contributed by atoms with van der Waals surface area (Å²) in [7, 11) is 0. The normalized spacial score (nSPS) is 11.9. The Kier molecular flexibility index (Phi) is 6.30. The van der Waals surface area contributed by atoms with Crippen molar-refractivity contribution in [3.05, 3.63) is 71.5 Å². The number of carbonyl (C=O) groups excluding carboxylic acids is 1. The average molecular weight is 387 g/mol. The molecule has 0 aliphatic heterocycles. The number of amides is 1. The van der Waals surface area contributed by atoms with Crippen LogP contribution in [0.3, 0.4) is 0 Å². The molecule has 1 aromatic heterocycles. The van der Waals surface area contributed by atoms with Gasteiger partial charge in [-0.05, 0) is 29.7 Å². The molecule has 1 atom stereocenters. The third-order valence-electron chi connectivity index (χ3n) is 3.91. The van der Waals surface area contributed by atoms with E-state index in [4.69, 9.17) is 11.6 Å². The number of hydrogen-bond acceptors (Lipinski definition) is 4. The summed E-state index contributed by atoms with van der Waals surface area (Å²) in [6, 6.07) is 17.6. The van der Waals surface area contributed by atoms with Gasteiger partial charge in [0.15, 0.2) is 5.16 Å². The molecule has 0 bridgehead atoms. The Morgan fingerprint density at radius 3 is 2.81 bits per heavy atom. The first-order valence-corrected chi connectivity index (χ1v) is 9.60. The minimum atomic E-state index is -0.0292. The Labute approximate surface area is 161 Å². The molecule has 0 spiro atoms. The van der Waals surface area contributed by atoms with Crippen molar-refractivity contribution >= 4 is 29.3 Å². The van der Waals surface area contributed by atoms with Crippen LogP contribution in [0.15, 0.2) is 66.1 Å². The molecule has 0 saturated carbocycles. The zero-order valence-corrected chi connectivity index (χ0v) is 15.9. The zero-order valence-electron chi connectivity index (χ0n) is 14.3. The third-order valence-corrected chi connectivity index (χ3v) is 5.09. The lowest BCUT2D eigenvalue weighted by atomic mass is 10.0. The van der Waals surface area contributed by atoms with Gasteiger partial charge in [-0.2, -0.15) is 0 Å². The van der Waals surface area contributed by atoms with E-state index in [0.717, 1.165) is 5.69 Å². The van der Waals surface area contributed by atoms with Crippen LogP contribution >= 0.6 is 23.4 Å². The number of rotatable bonds is 7. The molecule has 26 heavy (non-hydrogen) atoms. The van der Waals surface area contributed by atoms with Crippen molar-refractivity contribution in [1.29, 1.82) is 0 Å². The smallest absolute Gasteiger partial charge is 0.230 e. The van der Waals surface area contributed by atoms with Crippen molar-refractivity contribution in [3.63, 3.8) is 0 Å². The van der Waals surface area contributed by atoms with Gasteiger partial charge in [-0.3, -0.25) is 9.36 Å². The van der Waals surface area contributed by atoms with Crippen molar-refractivity contribution in [3.8, 4) is 5.69 Å². The van der Waals surface area contributed by atoms with Gasteiger partial charge in [-0.25, -0.2) is 0 Å². The maximum absolute atomic E-state index is 12.2. The molecule has 0 aliphatic carbocycles. The van der Waals surface area contributed by atoms with E-state index in [1.54, 1.807) is 6.33 Å². The maximum Gasteiger partial charge on any atom is 0.230 e. The Morgan fingerprint density at radius 1 is 1.23 bits per heavy atom. The summed E-state index contributed by atoms with van der Waals surface area (Å²) in [5, 5.41) is 12.3. The van der Waals surface area contributed by atoms with E-state index in [1.807, 2.05) is 47.0 Å². The van der Waals surface area contributed by atoms with Crippen LogP contribution in [0.5, 0.6) is 0 Å². The quantitative estimate of drug-likeness (QED) is 0.625. The minimum Gasteiger partial charge on any atom is -0.355 e. The lowest BCUT2D eigenvalue weighted by Crippen LogP contribution is -2.29. The van der Waals surface area contributed by atoms with Gasteiger partial charge >= 0.3 is 0 Å². The monoisotopic (exact) mass is 386 g/mol. The molecule has 1 unspecified atom stereocenters. The predicted molar refractivity (Wildman–Crippen MR) is 105 cm³/mol. The number of benzene rings is 2. The first-order chi connectivity index (χ1) is 12.6. The van der Waals surface area contributed by atoms with E-state index in [1.165, 1.54) is 17.3 Å². The Hall–Kier alpha value is -2.31. The van der Waals surface area contributed by atoms with Gasteiger partial charge < -0.3 is 5.32 Å². The molecule has 0 radical (unpaired) electrons. The van der Waals surface area contributed by atoms with Gasteiger partial charge in [0.05, 0.1) is 11.4 Å². The zero-order chi connectivity index (χ0) is 18.4. The summed E-state index contributed by atoms with van der Waals surface area (Å²) in [5.41, 5.74) is 2.07. The van der Waals surface area contributed by atoms with Crippen molar-refractivity contribution in [2.24, 2.45) is 0 Å². The number of thioether (sulfide) groups is 1. The molecule has 1 heterocycles. The van der Waals surface area contributed by atoms with Crippen LogP contribution in [0.4, 0.5) is 0 Å². The molecular weight excluding hydrogens is 368 g/mol. The van der Waals surface area contributed by atoms with E-state index in [0.29, 0.717) is 16.7 Å². The highest BCUT2D eigenvalue weighted by Gasteiger charge is 2.12. The van der Waals surface area contributed by atoms with Crippen LogP contribution < -0.4 is 5.32 Å². The number of aromatic nitrogens is 3. The van der Waals surface area contributed by atoms with Crippen molar-refractivity contribution in [1.82, 2.24) is 20.1 Å². The average Bonchev–Trinajstić information content (AvgIpc) is 3.14. The van der Waals surface area contributed by atoms with E-state index >= 15 is 0 Å². The van der Waals surface area contributed by atoms with E-state index in [9.17, 15) is 4.79 Å². The van der Waals surface area contributed by atoms with Gasteiger partial charge in [-0.1, -0.05) is 66.7 Å². The minimum absolute atomic E-state index is 0.0292. The van der Waals surface area contributed by atoms with Crippen LogP contribution in [0, 0.1) is 0 Å². The van der Waals surface area contributed by atoms with E-state index < -0.39 is 0 Å². The van der Waals surface area contributed by atoms with Gasteiger partial charge in [0, 0.05) is 11.6 Å². The SMILES string of the molecule is CC(CNC(=O)CSc1nncn1-c1cccc(Cl)c1)c1ccccc1. The standard InChI is InChI=1S/C19H19ClN4OS/c1-14(15-6-3-2-4-7-15)11-21-18(25)12-26-19-23-22-13-24(19)17-9-5-8-16(20)10-17/h2-10,13-14H,11-12H2,1H3,(H,21,25). The summed E-state index contributed by atoms with van der Waals surface area (Å²) in [5.74, 6) is 0.513. The largest absolute Gasteiger partial charge is 0.355 e. The fourth-order valence-electron chi connectivity index (χ4n) is 2.47. The van der Waals surface area contributed by atoms with Gasteiger partial charge in [0.25, 0.3) is 0 Å². The second kappa shape index (κ2) is 8.87. The van der Waals surface area contributed by atoms with Crippen LogP contribution in [-0.4, -0.2) is 33.0 Å². The molecule has 134 valence electrons. The lowest BCUT2D eigenvalue weighted by Gasteiger charge is -2.13. The highest BCUT2D eigenvalue weighted by molar-refractivity contribution is 7.99. The highest BCUT2D eigenvalue weighted by atomic mass is 35.5. The lowest BCUT2D eigenvalue weighted by molar-refractivity contribution is -0.118. The second-order valence-corrected chi connectivity index (χ2v) is 7.25. The summed E-state index contributed by atoms with van der Waals surface area (Å²) in [4.78, 5) is 12.2. The molecule has 1 amide bonds. The molecule has 2 aromatic carbocycles. The Balaban J connectivity index is 1.53. The summed E-state index contributed by atoms with van der Waals surface area (Å²) in [6.07, 6.45) is 1.61. The van der Waals surface area contributed by atoms with Crippen LogP contribution in [0.1, 0.15) is 18.4 Å². The van der Waals surface area contributed by atoms with Crippen molar-refractivity contribution in [2.75, 3.05) is 12.3 Å². The Morgan fingerprint density at radius 2 is 2.04 bits per heavy atom. The van der Waals surface area contributed by atoms with Gasteiger partial charge in [0.2, 0.25) is 5.91 Å². The van der Waals surface area contributed by atoms with E-state index in [-0.39, 0.29) is 17.6 Å². The Bertz CT molecular complexity index is 869. The predicted octanol–water partition coefficient (Wildman–Crippen LogP) is 3.93. The van der Waals surface area contributed by atoms with E-state index in [2.05, 4.69) is 34.6 Å². The third kappa shape index (κ3) is 4.86. The second-order valence-electron chi connectivity index (χ2n) is 5.87. The molecular formula is C19H19ClN4OS. The highest BCUT2D eigenvalue weighted by Crippen LogP contribution is 2.21. The molecule has 0 aliphatic rings. The summed E-state index contributed by atoms with van der Waals surface area (Å²) >= 11 is 7.38. The molecule has 7 heteroatoms. The number of nitrogens with one attached hydrogen (secondary N) is 1. The first-order valence-electron chi connectivity index (χ1n) is 8.24. The van der Waals surface area contributed by atoms with Crippen molar-refractivity contribution < 1.29 is 4.79 Å². The first kappa shape index (κ1) is 18.5. The number of hydrogen-bond donors (Lipinski definition) is 1.